The van der Waals surface area contributed by atoms with Crippen molar-refractivity contribution in [2.24, 2.45) is 5.92 Å². The Kier molecular flexibility index (Phi) is 13.9. The van der Waals surface area contributed by atoms with Gasteiger partial charge >= 0.3 is 0 Å². The number of benzene rings is 2. The molecule has 5 N–H and O–H groups in total. The Bertz CT molecular complexity index is 1450. The summed E-state index contributed by atoms with van der Waals surface area (Å²) in [5, 5.41) is 45.4. The normalized spacial score (nSPS) is 29.2. The maximum atomic E-state index is 13.9. The van der Waals surface area contributed by atoms with E-state index in [-0.39, 0.29) is 35.6 Å². The predicted octanol–water partition coefficient (Wildman–Crippen LogP) is 2.38. The van der Waals surface area contributed by atoms with Gasteiger partial charge in [0, 0.05) is 12.0 Å². The zero-order valence-electron chi connectivity index (χ0n) is 29.0. The van der Waals surface area contributed by atoms with Gasteiger partial charge in [0.05, 0.1) is 49.1 Å². The molecule has 0 bridgehead atoms. The Morgan fingerprint density at radius 3 is 2.02 bits per heavy atom. The first-order chi connectivity index (χ1) is 24.7. The molecule has 0 saturated carbocycles. The molecule has 3 amide bonds. The lowest BCUT2D eigenvalue weighted by molar-refractivity contribution is -0.301. The molecule has 0 radical (unpaired) electrons. The number of fused-ring (bicyclic) bond motifs is 1. The van der Waals surface area contributed by atoms with Crippen LogP contribution in [-0.4, -0.2) is 118 Å². The third-order valence-electron chi connectivity index (χ3n) is 10.1. The van der Waals surface area contributed by atoms with E-state index in [1.165, 1.54) is 43.5 Å². The summed E-state index contributed by atoms with van der Waals surface area (Å²) in [7, 11) is 0. The van der Waals surface area contributed by atoms with E-state index in [1.54, 1.807) is 30.3 Å². The number of aliphatic hydroxyl groups excluding tert-OH is 4. The number of aliphatic hydroxyl groups is 4. The number of ether oxygens (including phenoxy) is 3. The highest BCUT2D eigenvalue weighted by atomic mass is 16.7. The van der Waals surface area contributed by atoms with Crippen molar-refractivity contribution in [2.75, 3.05) is 19.8 Å². The van der Waals surface area contributed by atoms with Crippen LogP contribution in [0.5, 0.6) is 0 Å². The second-order valence-electron chi connectivity index (χ2n) is 13.5. The lowest BCUT2D eigenvalue weighted by atomic mass is 9.84. The third-order valence-corrected chi connectivity index (χ3v) is 10.1. The largest absolute Gasteiger partial charge is 0.394 e. The van der Waals surface area contributed by atoms with Crippen LogP contribution in [0.15, 0.2) is 54.6 Å². The number of amides is 3. The van der Waals surface area contributed by atoms with Gasteiger partial charge < -0.3 is 40.0 Å². The summed E-state index contributed by atoms with van der Waals surface area (Å²) in [5.41, 5.74) is 0.539. The average Bonchev–Trinajstić information content (AvgIpc) is 3.40. The zero-order valence-corrected chi connectivity index (χ0v) is 29.0. The first-order valence-electron chi connectivity index (χ1n) is 18.1. The molecule has 0 spiro atoms. The molecule has 4 unspecified atom stereocenters. The summed E-state index contributed by atoms with van der Waals surface area (Å²) in [4.78, 5) is 55.7. The monoisotopic (exact) mass is 710 g/mol. The van der Waals surface area contributed by atoms with Crippen molar-refractivity contribution in [1.29, 1.82) is 0 Å². The van der Waals surface area contributed by atoms with Crippen molar-refractivity contribution in [3.05, 3.63) is 71.3 Å². The molecule has 5 rings (SSSR count). The molecule has 2 saturated heterocycles. The maximum absolute atomic E-state index is 13.9. The minimum absolute atomic E-state index is 0.167. The fourth-order valence-electron chi connectivity index (χ4n) is 7.22. The van der Waals surface area contributed by atoms with Crippen molar-refractivity contribution in [3.8, 4) is 0 Å². The Balaban J connectivity index is 1.44. The van der Waals surface area contributed by atoms with E-state index in [9.17, 15) is 39.6 Å². The summed E-state index contributed by atoms with van der Waals surface area (Å²) < 4.78 is 18.4. The van der Waals surface area contributed by atoms with Crippen LogP contribution in [0.1, 0.15) is 95.8 Å². The molecule has 2 aromatic carbocycles. The highest BCUT2D eigenvalue weighted by Crippen LogP contribution is 2.36. The number of carbonyl (C=O) groups is 4. The average molecular weight is 711 g/mol. The fourth-order valence-corrected chi connectivity index (χ4v) is 7.22. The van der Waals surface area contributed by atoms with Gasteiger partial charge in [-0.2, -0.15) is 0 Å². The van der Waals surface area contributed by atoms with Gasteiger partial charge in [-0.25, -0.2) is 0 Å². The highest BCUT2D eigenvalue weighted by molar-refractivity contribution is 6.21. The number of nitrogens with zero attached hydrogens (tertiary/aromatic N) is 1. The Morgan fingerprint density at radius 1 is 0.824 bits per heavy atom. The van der Waals surface area contributed by atoms with Gasteiger partial charge in [-0.1, -0.05) is 94.3 Å². The van der Waals surface area contributed by atoms with Gasteiger partial charge in [-0.15, -0.1) is 0 Å². The standard InChI is InChI=1S/C38H50N2O11/c1-2-3-4-5-6-7-8-12-19-29(43)39-31-27(20-41)49-22-26(40-36(47)24-17-13-14-18-25(24)37(40)48)35(31)51-38-30(32(44)23-15-10-9-11-16-23)34(46)33(45)28(21-42)50-38/h9-11,13-18,26-28,30-31,33-35,38,41-42,45-46H,2-8,12,19-22H2,1H3,(H,39,43)/t26?,27?,28?,30?,31-,33-,34+,35+,38+/m0/s1. The van der Waals surface area contributed by atoms with E-state index in [1.807, 2.05) is 0 Å². The number of nitrogens with one attached hydrogen (secondary N) is 1. The lowest BCUT2D eigenvalue weighted by Gasteiger charge is -2.48. The molecular weight excluding hydrogens is 660 g/mol. The van der Waals surface area contributed by atoms with Gasteiger partial charge in [0.2, 0.25) is 5.91 Å². The van der Waals surface area contributed by atoms with Crippen LogP contribution < -0.4 is 5.32 Å². The van der Waals surface area contributed by atoms with Gasteiger partial charge in [-0.3, -0.25) is 24.1 Å². The molecule has 278 valence electrons. The first-order valence-corrected chi connectivity index (χ1v) is 18.1. The van der Waals surface area contributed by atoms with Crippen LogP contribution in [-0.2, 0) is 19.0 Å². The Morgan fingerprint density at radius 2 is 1.41 bits per heavy atom. The molecule has 2 aromatic rings. The van der Waals surface area contributed by atoms with Gasteiger partial charge in [-0.05, 0) is 18.6 Å². The second kappa shape index (κ2) is 18.3. The molecule has 13 heteroatoms. The predicted molar refractivity (Wildman–Crippen MR) is 184 cm³/mol. The lowest BCUT2D eigenvalue weighted by Crippen LogP contribution is -2.68. The van der Waals surface area contributed by atoms with Crippen LogP contribution >= 0.6 is 0 Å². The molecule has 9 atom stereocenters. The van der Waals surface area contributed by atoms with Crippen molar-refractivity contribution in [2.45, 2.75) is 114 Å². The van der Waals surface area contributed by atoms with Crippen molar-refractivity contribution >= 4 is 23.5 Å². The van der Waals surface area contributed by atoms with Gasteiger partial charge in [0.15, 0.2) is 12.1 Å². The molecular formula is C38H50N2O11. The number of Topliss-reactive ketones (excluding diaryl/α,β-unsaturated/α-hetero) is 1. The van der Waals surface area contributed by atoms with Crippen molar-refractivity contribution < 1.29 is 53.8 Å². The number of unbranched alkanes of at least 4 members (excludes halogenated alkanes) is 7. The molecule has 13 nitrogen and oxygen atoms in total. The molecule has 0 aliphatic carbocycles. The molecule has 3 aliphatic heterocycles. The van der Waals surface area contributed by atoms with E-state index in [0.29, 0.717) is 6.42 Å². The highest BCUT2D eigenvalue weighted by Gasteiger charge is 2.55. The quantitative estimate of drug-likeness (QED) is 0.0920. The number of imide groups is 1. The minimum Gasteiger partial charge on any atom is -0.394 e. The van der Waals surface area contributed by atoms with E-state index >= 15 is 0 Å². The minimum atomic E-state index is -1.74. The van der Waals surface area contributed by atoms with Crippen LogP contribution in [0.4, 0.5) is 0 Å². The second-order valence-corrected chi connectivity index (χ2v) is 13.5. The summed E-state index contributed by atoms with van der Waals surface area (Å²) in [6, 6.07) is 12.0. The van der Waals surface area contributed by atoms with Gasteiger partial charge in [0.1, 0.15) is 30.3 Å². The summed E-state index contributed by atoms with van der Waals surface area (Å²) in [5.74, 6) is -3.74. The van der Waals surface area contributed by atoms with E-state index in [4.69, 9.17) is 14.2 Å². The topological polar surface area (TPSA) is 192 Å². The molecule has 3 heterocycles. The Hall–Kier alpha value is -3.56. The molecule has 51 heavy (non-hydrogen) atoms. The zero-order chi connectivity index (χ0) is 36.5. The maximum Gasteiger partial charge on any atom is 0.261 e. The molecule has 0 aromatic heterocycles. The van der Waals surface area contributed by atoms with Crippen molar-refractivity contribution in [3.63, 3.8) is 0 Å². The van der Waals surface area contributed by atoms with Gasteiger partial charge in [0.25, 0.3) is 11.8 Å². The summed E-state index contributed by atoms with van der Waals surface area (Å²) in [6.07, 6.45) is -0.313. The van der Waals surface area contributed by atoms with E-state index < -0.39 is 85.6 Å². The number of carbonyl (C=O) groups excluding carboxylic acids is 4. The molecule has 2 fully saturated rings. The molecule has 3 aliphatic rings. The summed E-state index contributed by atoms with van der Waals surface area (Å²) in [6.45, 7) is 0.595. The fraction of sp³-hybridized carbons (Fsp3) is 0.579. The summed E-state index contributed by atoms with van der Waals surface area (Å²) >= 11 is 0. The SMILES string of the molecule is CCCCCCCCCCC(=O)N[C@H]1C(CO)OCC(N2C(=O)c3ccccc3C2=O)[C@H]1O[C@H]1OC(CO)[C@H](O)[C@H](O)C1C(=O)c1ccccc1. The van der Waals surface area contributed by atoms with E-state index in [0.717, 1.165) is 30.6 Å². The van der Waals surface area contributed by atoms with Crippen LogP contribution in [0, 0.1) is 5.92 Å². The number of ketones is 1. The number of rotatable bonds is 17. The van der Waals surface area contributed by atoms with Crippen LogP contribution in [0.2, 0.25) is 0 Å². The van der Waals surface area contributed by atoms with E-state index in [2.05, 4.69) is 12.2 Å². The number of hydrogen-bond donors (Lipinski definition) is 5. The van der Waals surface area contributed by atoms with Crippen molar-refractivity contribution in [1.82, 2.24) is 10.2 Å². The van der Waals surface area contributed by atoms with Crippen LogP contribution in [0.25, 0.3) is 0 Å². The number of hydrogen-bond acceptors (Lipinski definition) is 11. The smallest absolute Gasteiger partial charge is 0.261 e. The Labute approximate surface area is 297 Å². The first kappa shape index (κ1) is 38.7. The van der Waals surface area contributed by atoms with Crippen LogP contribution in [0.3, 0.4) is 0 Å². The third kappa shape index (κ3) is 8.74.